The molecule has 0 aromatic carbocycles. The second kappa shape index (κ2) is 5.59. The number of sulfone groups is 1. The highest BCUT2D eigenvalue weighted by Gasteiger charge is 2.23. The predicted molar refractivity (Wildman–Crippen MR) is 64.1 cm³/mol. The van der Waals surface area contributed by atoms with Gasteiger partial charge in [0.2, 0.25) is 5.89 Å². The van der Waals surface area contributed by atoms with Crippen LogP contribution in [0.25, 0.3) is 0 Å². The number of nitrogens with two attached hydrogens (primary N) is 1. The first-order valence-corrected chi connectivity index (χ1v) is 7.55. The van der Waals surface area contributed by atoms with E-state index < -0.39 is 15.1 Å². The van der Waals surface area contributed by atoms with E-state index in [1.54, 1.807) is 6.92 Å². The Labute approximate surface area is 102 Å². The van der Waals surface area contributed by atoms with Crippen molar-refractivity contribution in [2.24, 2.45) is 11.7 Å². The summed E-state index contributed by atoms with van der Waals surface area (Å²) in [6.07, 6.45) is 2.68. The van der Waals surface area contributed by atoms with Crippen LogP contribution in [-0.4, -0.2) is 31.4 Å². The smallest absolute Gasteiger partial charge is 0.227 e. The summed E-state index contributed by atoms with van der Waals surface area (Å²) in [5, 5.41) is 2.96. The molecular weight excluding hydrogens is 242 g/mol. The van der Waals surface area contributed by atoms with Crippen LogP contribution in [0.1, 0.15) is 37.2 Å². The molecule has 6 nitrogen and oxygen atoms in total. The van der Waals surface area contributed by atoms with Crippen LogP contribution in [0.2, 0.25) is 0 Å². The van der Waals surface area contributed by atoms with Crippen molar-refractivity contribution >= 4 is 9.84 Å². The van der Waals surface area contributed by atoms with Gasteiger partial charge in [-0.05, 0) is 19.4 Å². The van der Waals surface area contributed by atoms with Crippen molar-refractivity contribution in [2.75, 3.05) is 12.8 Å². The first kappa shape index (κ1) is 14.1. The van der Waals surface area contributed by atoms with Gasteiger partial charge in [-0.3, -0.25) is 0 Å². The number of hydrogen-bond donors (Lipinski definition) is 1. The molecule has 0 amide bonds. The van der Waals surface area contributed by atoms with Crippen molar-refractivity contribution in [2.45, 2.75) is 31.9 Å². The van der Waals surface area contributed by atoms with Gasteiger partial charge in [0.05, 0.1) is 0 Å². The van der Waals surface area contributed by atoms with Gasteiger partial charge in [0.25, 0.3) is 0 Å². The van der Waals surface area contributed by atoms with Crippen LogP contribution in [0.5, 0.6) is 0 Å². The normalized spacial score (nSPS) is 15.8. The zero-order valence-electron chi connectivity index (χ0n) is 10.4. The lowest BCUT2D eigenvalue weighted by molar-refractivity contribution is 0.347. The predicted octanol–water partition coefficient (Wildman–Crippen LogP) is 0.703. The number of aromatic nitrogens is 2. The van der Waals surface area contributed by atoms with Gasteiger partial charge in [0.15, 0.2) is 15.7 Å². The lowest BCUT2D eigenvalue weighted by atomic mass is 10.0. The van der Waals surface area contributed by atoms with E-state index in [9.17, 15) is 8.42 Å². The first-order valence-electron chi connectivity index (χ1n) is 5.59. The minimum Gasteiger partial charge on any atom is -0.339 e. The minimum absolute atomic E-state index is 0.217. The van der Waals surface area contributed by atoms with Gasteiger partial charge < -0.3 is 10.3 Å². The third-order valence-electron chi connectivity index (χ3n) is 2.86. The highest BCUT2D eigenvalue weighted by molar-refractivity contribution is 7.90. The Morgan fingerprint density at radius 2 is 2.12 bits per heavy atom. The monoisotopic (exact) mass is 261 g/mol. The molecule has 0 aliphatic rings. The molecular formula is C10H19N3O3S. The SMILES string of the molecule is CCC(CN)Cc1nc(C(C)S(C)(=O)=O)no1. The van der Waals surface area contributed by atoms with Crippen LogP contribution in [0, 0.1) is 5.92 Å². The largest absolute Gasteiger partial charge is 0.339 e. The van der Waals surface area contributed by atoms with E-state index in [1.807, 2.05) is 6.92 Å². The zero-order chi connectivity index (χ0) is 13.1. The fraction of sp³-hybridized carbons (Fsp3) is 0.800. The molecule has 0 bridgehead atoms. The van der Waals surface area contributed by atoms with Crippen molar-refractivity contribution in [3.63, 3.8) is 0 Å². The molecule has 1 heterocycles. The molecule has 2 atom stereocenters. The van der Waals surface area contributed by atoms with Gasteiger partial charge >= 0.3 is 0 Å². The summed E-state index contributed by atoms with van der Waals surface area (Å²) in [6.45, 7) is 4.13. The Balaban J connectivity index is 2.78. The van der Waals surface area contributed by atoms with E-state index in [4.69, 9.17) is 10.3 Å². The molecule has 0 fully saturated rings. The second-order valence-electron chi connectivity index (χ2n) is 4.23. The second-order valence-corrected chi connectivity index (χ2v) is 6.60. The Hall–Kier alpha value is -0.950. The van der Waals surface area contributed by atoms with Crippen LogP contribution in [0.15, 0.2) is 4.52 Å². The maximum absolute atomic E-state index is 11.3. The van der Waals surface area contributed by atoms with Crippen molar-refractivity contribution in [1.82, 2.24) is 10.1 Å². The molecule has 0 radical (unpaired) electrons. The zero-order valence-corrected chi connectivity index (χ0v) is 11.2. The quantitative estimate of drug-likeness (QED) is 0.809. The lowest BCUT2D eigenvalue weighted by Gasteiger charge is -2.07. The highest BCUT2D eigenvalue weighted by atomic mass is 32.2. The Morgan fingerprint density at radius 3 is 2.59 bits per heavy atom. The molecule has 1 aromatic heterocycles. The topological polar surface area (TPSA) is 99.1 Å². The average molecular weight is 261 g/mol. The highest BCUT2D eigenvalue weighted by Crippen LogP contribution is 2.18. The standard InChI is InChI=1S/C10H19N3O3S/c1-4-8(6-11)5-9-12-10(13-16-9)7(2)17(3,14)15/h7-8H,4-6,11H2,1-3H3. The summed E-state index contributed by atoms with van der Waals surface area (Å²) in [7, 11) is -3.19. The molecule has 2 unspecified atom stereocenters. The molecule has 0 aliphatic carbocycles. The Bertz CT molecular complexity index is 451. The molecule has 1 aromatic rings. The molecule has 1 rings (SSSR count). The lowest BCUT2D eigenvalue weighted by Crippen LogP contribution is -2.16. The van der Waals surface area contributed by atoms with E-state index in [0.717, 1.165) is 12.7 Å². The molecule has 0 saturated carbocycles. The van der Waals surface area contributed by atoms with Crippen molar-refractivity contribution in [3.05, 3.63) is 11.7 Å². The maximum atomic E-state index is 11.3. The van der Waals surface area contributed by atoms with Gasteiger partial charge in [0.1, 0.15) is 5.25 Å². The van der Waals surface area contributed by atoms with E-state index in [1.165, 1.54) is 0 Å². The fourth-order valence-electron chi connectivity index (χ4n) is 1.35. The van der Waals surface area contributed by atoms with Crippen LogP contribution in [0.3, 0.4) is 0 Å². The van der Waals surface area contributed by atoms with E-state index in [2.05, 4.69) is 10.1 Å². The van der Waals surface area contributed by atoms with Crippen LogP contribution < -0.4 is 5.73 Å². The molecule has 2 N–H and O–H groups in total. The van der Waals surface area contributed by atoms with Crippen molar-refractivity contribution in [1.29, 1.82) is 0 Å². The molecule has 0 saturated heterocycles. The Morgan fingerprint density at radius 1 is 1.47 bits per heavy atom. The minimum atomic E-state index is -3.19. The summed E-state index contributed by atoms with van der Waals surface area (Å²) in [5.74, 6) is 0.957. The van der Waals surface area contributed by atoms with E-state index in [-0.39, 0.29) is 11.7 Å². The summed E-state index contributed by atoms with van der Waals surface area (Å²) >= 11 is 0. The summed E-state index contributed by atoms with van der Waals surface area (Å²) in [5.41, 5.74) is 5.58. The third kappa shape index (κ3) is 3.78. The van der Waals surface area contributed by atoms with Gasteiger partial charge in [-0.15, -0.1) is 0 Å². The number of nitrogens with zero attached hydrogens (tertiary/aromatic N) is 2. The number of hydrogen-bond acceptors (Lipinski definition) is 6. The summed E-state index contributed by atoms with van der Waals surface area (Å²) in [6, 6.07) is 0. The Kier molecular flexibility index (Phi) is 4.64. The van der Waals surface area contributed by atoms with Crippen molar-refractivity contribution in [3.8, 4) is 0 Å². The van der Waals surface area contributed by atoms with Gasteiger partial charge in [-0.2, -0.15) is 4.98 Å². The van der Waals surface area contributed by atoms with Gasteiger partial charge in [-0.1, -0.05) is 18.5 Å². The van der Waals surface area contributed by atoms with Crippen LogP contribution >= 0.6 is 0 Å². The first-order chi connectivity index (χ1) is 7.88. The summed E-state index contributed by atoms with van der Waals surface area (Å²) < 4.78 is 27.7. The van der Waals surface area contributed by atoms with Gasteiger partial charge in [-0.25, -0.2) is 8.42 Å². The molecule has 98 valence electrons. The van der Waals surface area contributed by atoms with E-state index >= 15 is 0 Å². The van der Waals surface area contributed by atoms with Crippen LogP contribution in [0.4, 0.5) is 0 Å². The molecule has 0 spiro atoms. The van der Waals surface area contributed by atoms with Crippen molar-refractivity contribution < 1.29 is 12.9 Å². The average Bonchev–Trinajstić information content (AvgIpc) is 2.71. The summed E-state index contributed by atoms with van der Waals surface area (Å²) in [4.78, 5) is 4.10. The van der Waals surface area contributed by atoms with Gasteiger partial charge in [0, 0.05) is 12.7 Å². The molecule has 17 heavy (non-hydrogen) atoms. The maximum Gasteiger partial charge on any atom is 0.227 e. The molecule has 0 aliphatic heterocycles. The molecule has 7 heteroatoms. The third-order valence-corrected chi connectivity index (χ3v) is 4.36. The fourth-order valence-corrected chi connectivity index (χ4v) is 1.83. The van der Waals surface area contributed by atoms with E-state index in [0.29, 0.717) is 18.9 Å². The van der Waals surface area contributed by atoms with Crippen LogP contribution in [-0.2, 0) is 16.3 Å². The number of rotatable bonds is 6.